The standard InChI is InChI=1S/CH2NO.CH2O3.Zr/c2-1-3;2-1(3)4;/h(H2,2,3);(H2,2,3,4);/q-1;;. The summed E-state index contributed by atoms with van der Waals surface area (Å²) in [4.78, 5) is 17.0. The summed E-state index contributed by atoms with van der Waals surface area (Å²) in [5.74, 6) is 0. The van der Waals surface area contributed by atoms with Crippen LogP contribution in [0.2, 0.25) is 0 Å². The van der Waals surface area contributed by atoms with Gasteiger partial charge in [-0.25, -0.2) is 4.79 Å². The second kappa shape index (κ2) is 16.0. The largest absolute Gasteiger partial charge is 0.543 e. The topological polar surface area (TPSA) is 101 Å². The molecular weight excluding hydrogens is 193 g/mol. The molecule has 8 heavy (non-hydrogen) atoms. The van der Waals surface area contributed by atoms with Crippen molar-refractivity contribution in [1.29, 1.82) is 0 Å². The van der Waals surface area contributed by atoms with Gasteiger partial charge in [-0.15, -0.1) is 0 Å². The van der Waals surface area contributed by atoms with Crippen molar-refractivity contribution in [3.63, 3.8) is 0 Å². The Bertz CT molecular complexity index is 61.1. The Balaban J connectivity index is -0.0000000575. The van der Waals surface area contributed by atoms with Crippen LogP contribution in [0.3, 0.4) is 0 Å². The number of hydrogen-bond donors (Lipinski definition) is 3. The fraction of sp³-hybridized carbons (Fsp3) is 0. The maximum absolute atomic E-state index is 8.56. The minimum atomic E-state index is -1.83. The SMILES string of the molecule is N[C-]=O.O=C(O)O.[Zr]. The summed E-state index contributed by atoms with van der Waals surface area (Å²) in [5.41, 5.74) is 4.04. The van der Waals surface area contributed by atoms with Crippen LogP contribution in [0.25, 0.3) is 0 Å². The number of carbonyl (C=O) groups is 1. The fourth-order valence-electron chi connectivity index (χ4n) is 0. The molecule has 0 radical (unpaired) electrons. The molecule has 0 heterocycles. The van der Waals surface area contributed by atoms with Gasteiger partial charge in [0, 0.05) is 26.2 Å². The number of nitrogens with two attached hydrogens (primary N) is 1. The Morgan fingerprint density at radius 2 is 1.50 bits per heavy atom. The van der Waals surface area contributed by atoms with Gasteiger partial charge < -0.3 is 20.7 Å². The average molecular weight is 197 g/mol. The van der Waals surface area contributed by atoms with Crippen LogP contribution >= 0.6 is 0 Å². The first-order valence-corrected chi connectivity index (χ1v) is 1.14. The van der Waals surface area contributed by atoms with E-state index >= 15 is 0 Å². The Morgan fingerprint density at radius 3 is 1.50 bits per heavy atom. The minimum Gasteiger partial charge on any atom is -0.543 e. The van der Waals surface area contributed by atoms with E-state index < -0.39 is 6.16 Å². The van der Waals surface area contributed by atoms with Crippen molar-refractivity contribution in [3.05, 3.63) is 0 Å². The van der Waals surface area contributed by atoms with Crippen LogP contribution < -0.4 is 5.73 Å². The van der Waals surface area contributed by atoms with E-state index in [0.717, 1.165) is 6.41 Å². The summed E-state index contributed by atoms with van der Waals surface area (Å²) in [6.45, 7) is 0. The van der Waals surface area contributed by atoms with Crippen LogP contribution in [-0.2, 0) is 31.0 Å². The number of hydrogen-bond acceptors (Lipinski definition) is 2. The summed E-state index contributed by atoms with van der Waals surface area (Å²) < 4.78 is 0. The van der Waals surface area contributed by atoms with Crippen molar-refractivity contribution >= 4 is 12.6 Å². The van der Waals surface area contributed by atoms with E-state index in [1.807, 2.05) is 0 Å². The zero-order valence-electron chi connectivity index (χ0n) is 3.79. The van der Waals surface area contributed by atoms with Gasteiger partial charge in [0.25, 0.3) is 0 Å². The number of primary amides is 1. The Hall–Kier alpha value is -0.377. The normalized spacial score (nSPS) is 4.50. The summed E-state index contributed by atoms with van der Waals surface area (Å²) in [7, 11) is 0. The van der Waals surface area contributed by atoms with Crippen molar-refractivity contribution in [3.8, 4) is 0 Å². The van der Waals surface area contributed by atoms with Crippen molar-refractivity contribution in [2.45, 2.75) is 0 Å². The molecule has 1 amide bonds. The molecule has 46 valence electrons. The van der Waals surface area contributed by atoms with Gasteiger partial charge in [0.15, 0.2) is 0 Å². The molecule has 0 aromatic heterocycles. The molecule has 0 rings (SSSR count). The van der Waals surface area contributed by atoms with Gasteiger partial charge in [-0.2, -0.15) is 6.41 Å². The van der Waals surface area contributed by atoms with Crippen LogP contribution in [0.1, 0.15) is 0 Å². The van der Waals surface area contributed by atoms with Crippen molar-refractivity contribution in [1.82, 2.24) is 0 Å². The second-order valence-electron chi connectivity index (χ2n) is 0.400. The van der Waals surface area contributed by atoms with Crippen LogP contribution in [0.15, 0.2) is 0 Å². The third-order valence-corrected chi connectivity index (χ3v) is 0. The van der Waals surface area contributed by atoms with E-state index in [1.165, 1.54) is 0 Å². The molecule has 0 spiro atoms. The smallest absolute Gasteiger partial charge is 0.503 e. The quantitative estimate of drug-likeness (QED) is 0.351. The third-order valence-electron chi connectivity index (χ3n) is 0. The molecule has 0 aliphatic heterocycles. The molecule has 0 aliphatic carbocycles. The number of rotatable bonds is 0. The number of carboxylic acid groups (broad SMARTS) is 2. The monoisotopic (exact) mass is 196 g/mol. The zero-order chi connectivity index (χ0) is 6.28. The van der Waals surface area contributed by atoms with Gasteiger partial charge in [0.2, 0.25) is 0 Å². The molecule has 0 saturated heterocycles. The third kappa shape index (κ3) is 846. The van der Waals surface area contributed by atoms with E-state index in [-0.39, 0.29) is 26.2 Å². The second-order valence-corrected chi connectivity index (χ2v) is 0.400. The molecule has 4 N–H and O–H groups in total. The van der Waals surface area contributed by atoms with Gasteiger partial charge in [0.1, 0.15) is 0 Å². The maximum atomic E-state index is 8.56. The van der Waals surface area contributed by atoms with Gasteiger partial charge in [0.05, 0.1) is 0 Å². The Kier molecular flexibility index (Phi) is 31.2. The molecule has 0 fully saturated rings. The first kappa shape index (κ1) is 15.6. The molecular formula is C2H4NO4Zr-. The van der Waals surface area contributed by atoms with Gasteiger partial charge in [-0.1, -0.05) is 0 Å². The summed E-state index contributed by atoms with van der Waals surface area (Å²) in [5, 5.41) is 13.9. The Morgan fingerprint density at radius 1 is 1.50 bits per heavy atom. The molecule has 5 nitrogen and oxygen atoms in total. The summed E-state index contributed by atoms with van der Waals surface area (Å²) >= 11 is 0. The first-order chi connectivity index (χ1) is 3.15. The molecule has 0 bridgehead atoms. The van der Waals surface area contributed by atoms with Gasteiger partial charge in [-0.05, 0) is 0 Å². The molecule has 0 aromatic rings. The van der Waals surface area contributed by atoms with Crippen molar-refractivity contribution in [2.75, 3.05) is 0 Å². The minimum absolute atomic E-state index is 0. The van der Waals surface area contributed by atoms with Crippen molar-refractivity contribution in [2.24, 2.45) is 5.73 Å². The van der Waals surface area contributed by atoms with E-state index in [9.17, 15) is 0 Å². The van der Waals surface area contributed by atoms with Crippen LogP contribution in [0.5, 0.6) is 0 Å². The summed E-state index contributed by atoms with van der Waals surface area (Å²) in [6, 6.07) is 0. The molecule has 0 saturated carbocycles. The number of amides is 1. The van der Waals surface area contributed by atoms with Crippen LogP contribution in [-0.4, -0.2) is 22.8 Å². The maximum Gasteiger partial charge on any atom is 0.503 e. The van der Waals surface area contributed by atoms with Gasteiger partial charge >= 0.3 is 6.16 Å². The van der Waals surface area contributed by atoms with Crippen LogP contribution in [0, 0.1) is 0 Å². The van der Waals surface area contributed by atoms with E-state index in [0.29, 0.717) is 0 Å². The predicted molar refractivity (Wildman–Crippen MR) is 20.5 cm³/mol. The number of carbonyl (C=O) groups excluding carboxylic acids is 1. The van der Waals surface area contributed by atoms with E-state index in [2.05, 4.69) is 5.73 Å². The molecule has 6 heteroatoms. The van der Waals surface area contributed by atoms with E-state index in [1.54, 1.807) is 0 Å². The average Bonchev–Trinajstić information content (AvgIpc) is 1.33. The van der Waals surface area contributed by atoms with Gasteiger partial charge in [-0.3, -0.25) is 0 Å². The fourth-order valence-corrected chi connectivity index (χ4v) is 0. The van der Waals surface area contributed by atoms with E-state index in [4.69, 9.17) is 19.8 Å². The predicted octanol–water partition coefficient (Wildman–Crippen LogP) is -0.768. The molecule has 0 aliphatic rings. The van der Waals surface area contributed by atoms with Crippen LogP contribution in [0.4, 0.5) is 4.79 Å². The molecule has 0 aromatic carbocycles. The molecule has 0 atom stereocenters. The first-order valence-electron chi connectivity index (χ1n) is 1.14. The summed E-state index contributed by atoms with van der Waals surface area (Å²) in [6.07, 6.45) is -0.833. The van der Waals surface area contributed by atoms with Crippen molar-refractivity contribution < 1.29 is 46.0 Å². The molecule has 0 unspecified atom stereocenters. The Labute approximate surface area is 64.6 Å². The zero-order valence-corrected chi connectivity index (χ0v) is 6.25.